The third kappa shape index (κ3) is 1.75. The van der Waals surface area contributed by atoms with Crippen molar-refractivity contribution in [3.05, 3.63) is 35.4 Å². The average molecular weight is 188 g/mol. The van der Waals surface area contributed by atoms with Crippen molar-refractivity contribution in [3.63, 3.8) is 0 Å². The van der Waals surface area contributed by atoms with E-state index in [0.717, 1.165) is 12.1 Å². The largest absolute Gasteiger partial charge is 0.314 e. The molecule has 1 rings (SSSR count). The van der Waals surface area contributed by atoms with E-state index < -0.39 is 11.6 Å². The number of rotatable bonds is 1. The fourth-order valence-corrected chi connectivity index (χ4v) is 0.848. The molecule has 2 nitrogen and oxygen atoms in total. The van der Waals surface area contributed by atoms with E-state index in [9.17, 15) is 8.78 Å². The summed E-state index contributed by atoms with van der Waals surface area (Å²) in [7, 11) is 0. The van der Waals surface area contributed by atoms with Crippen LogP contribution in [0.1, 0.15) is 5.56 Å². The highest BCUT2D eigenvalue weighted by Crippen LogP contribution is 2.08. The van der Waals surface area contributed by atoms with Crippen LogP contribution in [-0.2, 0) is 0 Å². The summed E-state index contributed by atoms with van der Waals surface area (Å²) in [5, 5.41) is 0. The number of hydrazine groups is 1. The Bertz CT molecular complexity index is 314. The predicted octanol–water partition coefficient (Wildman–Crippen LogP) is 1.10. The molecule has 0 atom stereocenters. The zero-order chi connectivity index (χ0) is 9.14. The first-order valence-electron chi connectivity index (χ1n) is 3.11. The van der Waals surface area contributed by atoms with Crippen LogP contribution in [-0.4, -0.2) is 4.99 Å². The molecule has 0 fully saturated rings. The maximum atomic E-state index is 12.6. The van der Waals surface area contributed by atoms with E-state index in [1.165, 1.54) is 6.07 Å². The maximum Gasteiger partial charge on any atom is 0.159 e. The van der Waals surface area contributed by atoms with Gasteiger partial charge in [-0.25, -0.2) is 14.6 Å². The number of nitrogens with two attached hydrogens (primary N) is 1. The topological polar surface area (TPSA) is 38.0 Å². The smallest absolute Gasteiger partial charge is 0.159 e. The molecule has 5 heteroatoms. The van der Waals surface area contributed by atoms with Gasteiger partial charge in [-0.2, -0.15) is 0 Å². The zero-order valence-corrected chi connectivity index (χ0v) is 6.79. The average Bonchev–Trinajstić information content (AvgIpc) is 2.08. The molecule has 64 valence electrons. The highest BCUT2D eigenvalue weighted by molar-refractivity contribution is 7.80. The molecule has 3 N–H and O–H groups in total. The maximum absolute atomic E-state index is 12.6. The van der Waals surface area contributed by atoms with Crippen LogP contribution in [0.25, 0.3) is 0 Å². The van der Waals surface area contributed by atoms with Gasteiger partial charge in [0.15, 0.2) is 11.6 Å². The van der Waals surface area contributed by atoms with Crippen molar-refractivity contribution >= 4 is 17.2 Å². The van der Waals surface area contributed by atoms with E-state index in [2.05, 4.69) is 5.43 Å². The first-order chi connectivity index (χ1) is 5.65. The number of nitrogens with one attached hydrogen (secondary N) is 1. The third-order valence-corrected chi connectivity index (χ3v) is 1.67. The summed E-state index contributed by atoms with van der Waals surface area (Å²) in [4.78, 5) is 0.175. The molecule has 0 amide bonds. The second kappa shape index (κ2) is 3.55. The molecule has 0 aliphatic rings. The molecule has 0 unspecified atom stereocenters. The lowest BCUT2D eigenvalue weighted by Crippen LogP contribution is -2.29. The molecule has 0 aliphatic heterocycles. The molecule has 0 spiro atoms. The van der Waals surface area contributed by atoms with Crippen LogP contribution in [0.15, 0.2) is 18.2 Å². The van der Waals surface area contributed by atoms with Gasteiger partial charge in [-0.05, 0) is 18.2 Å². The van der Waals surface area contributed by atoms with E-state index in [0.29, 0.717) is 5.56 Å². The van der Waals surface area contributed by atoms with Gasteiger partial charge in [0, 0.05) is 5.56 Å². The number of benzene rings is 1. The predicted molar refractivity (Wildman–Crippen MR) is 45.4 cm³/mol. The summed E-state index contributed by atoms with van der Waals surface area (Å²) in [5.74, 6) is 3.14. The van der Waals surface area contributed by atoms with Crippen LogP contribution in [0.4, 0.5) is 8.78 Å². The Balaban J connectivity index is 3.05. The van der Waals surface area contributed by atoms with E-state index >= 15 is 0 Å². The van der Waals surface area contributed by atoms with E-state index in [1.807, 2.05) is 0 Å². The van der Waals surface area contributed by atoms with E-state index in [1.54, 1.807) is 0 Å². The van der Waals surface area contributed by atoms with Gasteiger partial charge in [0.2, 0.25) is 0 Å². The van der Waals surface area contributed by atoms with Crippen molar-refractivity contribution in [2.75, 3.05) is 0 Å². The second-order valence-electron chi connectivity index (χ2n) is 2.10. The lowest BCUT2D eigenvalue weighted by molar-refractivity contribution is 0.508. The van der Waals surface area contributed by atoms with Crippen LogP contribution in [0.3, 0.4) is 0 Å². The number of thiocarbonyl (C=S) groups is 1. The molecule has 0 saturated heterocycles. The van der Waals surface area contributed by atoms with Crippen molar-refractivity contribution in [2.45, 2.75) is 0 Å². The Morgan fingerprint density at radius 1 is 1.33 bits per heavy atom. The number of halogens is 2. The van der Waals surface area contributed by atoms with Crippen molar-refractivity contribution in [2.24, 2.45) is 5.84 Å². The molecule has 0 radical (unpaired) electrons. The van der Waals surface area contributed by atoms with Crippen LogP contribution >= 0.6 is 12.2 Å². The monoisotopic (exact) mass is 188 g/mol. The zero-order valence-electron chi connectivity index (χ0n) is 5.97. The van der Waals surface area contributed by atoms with Gasteiger partial charge in [0.25, 0.3) is 0 Å². The number of hydrogen-bond acceptors (Lipinski definition) is 2. The standard InChI is InChI=1S/C7H6F2N2S/c8-5-2-1-4(3-6(5)9)7(12)11-10/h1-3H,10H2,(H,11,12). The molecular formula is C7H6F2N2S. The molecule has 0 heterocycles. The van der Waals surface area contributed by atoms with Crippen molar-refractivity contribution in [3.8, 4) is 0 Å². The van der Waals surface area contributed by atoms with E-state index in [-0.39, 0.29) is 4.99 Å². The van der Waals surface area contributed by atoms with Gasteiger partial charge in [0.1, 0.15) is 4.99 Å². The van der Waals surface area contributed by atoms with Gasteiger partial charge in [-0.15, -0.1) is 0 Å². The Hall–Kier alpha value is -1.07. The highest BCUT2D eigenvalue weighted by Gasteiger charge is 2.04. The fourth-order valence-electron chi connectivity index (χ4n) is 0.721. The molecule has 0 aromatic heterocycles. The SMILES string of the molecule is NNC(=S)c1ccc(F)c(F)c1. The van der Waals surface area contributed by atoms with Gasteiger partial charge >= 0.3 is 0 Å². The van der Waals surface area contributed by atoms with Crippen LogP contribution in [0, 0.1) is 11.6 Å². The molecular weight excluding hydrogens is 182 g/mol. The third-order valence-electron chi connectivity index (χ3n) is 1.31. The lowest BCUT2D eigenvalue weighted by atomic mass is 10.2. The van der Waals surface area contributed by atoms with Crippen molar-refractivity contribution in [1.29, 1.82) is 0 Å². The summed E-state index contributed by atoms with van der Waals surface area (Å²) in [5.41, 5.74) is 2.52. The minimum absolute atomic E-state index is 0.175. The molecule has 0 saturated carbocycles. The summed E-state index contributed by atoms with van der Waals surface area (Å²) >= 11 is 4.70. The fraction of sp³-hybridized carbons (Fsp3) is 0. The summed E-state index contributed by atoms with van der Waals surface area (Å²) in [6.45, 7) is 0. The normalized spacial score (nSPS) is 9.58. The molecule has 0 bridgehead atoms. The van der Waals surface area contributed by atoms with Crippen LogP contribution < -0.4 is 11.3 Å². The lowest BCUT2D eigenvalue weighted by Gasteiger charge is -2.01. The minimum atomic E-state index is -0.940. The molecule has 12 heavy (non-hydrogen) atoms. The van der Waals surface area contributed by atoms with Crippen LogP contribution in [0.5, 0.6) is 0 Å². The Morgan fingerprint density at radius 2 is 2.00 bits per heavy atom. The Labute approximate surface area is 73.3 Å². The Morgan fingerprint density at radius 3 is 2.50 bits per heavy atom. The van der Waals surface area contributed by atoms with Gasteiger partial charge < -0.3 is 5.43 Å². The summed E-state index contributed by atoms with van der Waals surface area (Å²) < 4.78 is 25.0. The Kier molecular flexibility index (Phi) is 2.67. The van der Waals surface area contributed by atoms with Gasteiger partial charge in [0.05, 0.1) is 0 Å². The van der Waals surface area contributed by atoms with Crippen LogP contribution in [0.2, 0.25) is 0 Å². The summed E-state index contributed by atoms with van der Waals surface area (Å²) in [6.07, 6.45) is 0. The molecule has 0 aliphatic carbocycles. The first kappa shape index (κ1) is 9.02. The van der Waals surface area contributed by atoms with Crippen molar-refractivity contribution in [1.82, 2.24) is 5.43 Å². The number of hydrogen-bond donors (Lipinski definition) is 2. The van der Waals surface area contributed by atoms with E-state index in [4.69, 9.17) is 18.1 Å². The van der Waals surface area contributed by atoms with Gasteiger partial charge in [-0.1, -0.05) is 12.2 Å². The minimum Gasteiger partial charge on any atom is -0.314 e. The second-order valence-corrected chi connectivity index (χ2v) is 2.51. The molecule has 1 aromatic carbocycles. The van der Waals surface area contributed by atoms with Gasteiger partial charge in [-0.3, -0.25) is 0 Å². The first-order valence-corrected chi connectivity index (χ1v) is 3.52. The summed E-state index contributed by atoms with van der Waals surface area (Å²) in [6, 6.07) is 3.33. The molecule has 1 aromatic rings. The van der Waals surface area contributed by atoms with Crippen molar-refractivity contribution < 1.29 is 8.78 Å². The quantitative estimate of drug-likeness (QED) is 0.394. The highest BCUT2D eigenvalue weighted by atomic mass is 32.1.